The summed E-state index contributed by atoms with van der Waals surface area (Å²) in [6.07, 6.45) is -2.16. The van der Waals surface area contributed by atoms with E-state index in [0.717, 1.165) is 0 Å². The number of halogens is 4. The molecule has 0 rings (SSSR count). The first kappa shape index (κ1) is 22.2. The quantitative estimate of drug-likeness (QED) is 0.212. The van der Waals surface area contributed by atoms with Crippen molar-refractivity contribution in [2.45, 2.75) is 24.7 Å². The summed E-state index contributed by atoms with van der Waals surface area (Å²) in [4.78, 5) is 20.2. The molecule has 0 atom stereocenters. The van der Waals surface area contributed by atoms with Crippen LogP contribution in [0.3, 0.4) is 0 Å². The minimum absolute atomic E-state index is 0.224. The van der Waals surface area contributed by atoms with E-state index in [9.17, 15) is 27.2 Å². The van der Waals surface area contributed by atoms with Crippen molar-refractivity contribution in [1.29, 1.82) is 0 Å². The Balaban J connectivity index is 3.60. The fraction of sp³-hybridized carbons (Fsp3) is 0.833. The van der Waals surface area contributed by atoms with Gasteiger partial charge in [0.25, 0.3) is 11.8 Å². The Bertz CT molecular complexity index is 363. The molecule has 0 aliphatic rings. The maximum atomic E-state index is 13.1. The topological polar surface area (TPSA) is 123 Å². The average molecular weight is 362 g/mol. The van der Waals surface area contributed by atoms with Crippen molar-refractivity contribution in [3.8, 4) is 0 Å². The number of amides is 2. The number of alkyl halides is 4. The normalized spacial score (nSPS) is 12.0. The lowest BCUT2D eigenvalue weighted by atomic mass is 10.2. The lowest BCUT2D eigenvalue weighted by molar-refractivity contribution is 0.00295. The number of carboxylic acid groups (broad SMARTS) is 2. The van der Waals surface area contributed by atoms with Crippen LogP contribution in [0, 0.1) is 0 Å². The molecule has 0 aromatic rings. The van der Waals surface area contributed by atoms with Crippen molar-refractivity contribution in [1.82, 2.24) is 21.3 Å². The van der Waals surface area contributed by atoms with Gasteiger partial charge in [-0.1, -0.05) is 0 Å². The van der Waals surface area contributed by atoms with E-state index in [1.807, 2.05) is 0 Å². The van der Waals surface area contributed by atoms with Crippen molar-refractivity contribution in [2.75, 3.05) is 39.3 Å². The fourth-order valence-corrected chi connectivity index (χ4v) is 1.58. The molecule has 0 aromatic heterocycles. The highest BCUT2D eigenvalue weighted by Crippen LogP contribution is 2.11. The second-order valence-corrected chi connectivity index (χ2v) is 5.09. The average Bonchev–Trinajstić information content (AvgIpc) is 2.46. The second-order valence-electron chi connectivity index (χ2n) is 5.09. The molecule has 0 unspecified atom stereocenters. The number of carbonyl (C=O) groups is 2. The zero-order valence-electron chi connectivity index (χ0n) is 12.9. The Kier molecular flexibility index (Phi) is 10.0. The van der Waals surface area contributed by atoms with Crippen LogP contribution in [0.4, 0.5) is 27.2 Å². The summed E-state index contributed by atoms with van der Waals surface area (Å²) in [6, 6.07) is 0. The lowest BCUT2D eigenvalue weighted by Gasteiger charge is -2.17. The van der Waals surface area contributed by atoms with E-state index in [2.05, 4.69) is 10.6 Å². The Morgan fingerprint density at radius 2 is 1.04 bits per heavy atom. The van der Waals surface area contributed by atoms with Crippen molar-refractivity contribution < 1.29 is 37.4 Å². The first-order valence-electron chi connectivity index (χ1n) is 7.15. The molecule has 24 heavy (non-hydrogen) atoms. The SMILES string of the molecule is O=C(O)NCC(F)(F)CNCCCCNCC(F)(F)CNC(=O)O. The molecule has 8 nitrogen and oxygen atoms in total. The van der Waals surface area contributed by atoms with Gasteiger partial charge in [0.1, 0.15) is 0 Å². The smallest absolute Gasteiger partial charge is 0.404 e. The van der Waals surface area contributed by atoms with E-state index in [-0.39, 0.29) is 13.1 Å². The molecule has 0 radical (unpaired) electrons. The molecule has 0 saturated carbocycles. The van der Waals surface area contributed by atoms with Crippen LogP contribution in [0.2, 0.25) is 0 Å². The van der Waals surface area contributed by atoms with Gasteiger partial charge in [0.2, 0.25) is 0 Å². The van der Waals surface area contributed by atoms with E-state index in [1.54, 1.807) is 10.6 Å². The second kappa shape index (κ2) is 10.9. The number of rotatable bonds is 13. The van der Waals surface area contributed by atoms with E-state index in [0.29, 0.717) is 12.8 Å². The van der Waals surface area contributed by atoms with Gasteiger partial charge in [-0.05, 0) is 25.9 Å². The standard InChI is InChI=1S/C12H22F4N4O4/c13-11(14,7-19-9(21)22)5-17-3-1-2-4-18-6-12(15,16)8-20-10(23)24/h17-20H,1-8H2,(H,21,22)(H,23,24). The van der Waals surface area contributed by atoms with Crippen LogP contribution in [-0.4, -0.2) is 73.5 Å². The summed E-state index contributed by atoms with van der Waals surface area (Å²) in [5.74, 6) is -6.42. The molecule has 0 aromatic carbocycles. The molecule has 0 fully saturated rings. The van der Waals surface area contributed by atoms with Crippen LogP contribution < -0.4 is 21.3 Å². The molecular formula is C12H22F4N4O4. The van der Waals surface area contributed by atoms with Crippen molar-refractivity contribution in [3.05, 3.63) is 0 Å². The summed E-state index contributed by atoms with van der Waals surface area (Å²) >= 11 is 0. The summed E-state index contributed by atoms with van der Waals surface area (Å²) in [6.45, 7) is -2.92. The molecule has 0 spiro atoms. The van der Waals surface area contributed by atoms with Crippen LogP contribution in [0.1, 0.15) is 12.8 Å². The predicted octanol–water partition coefficient (Wildman–Crippen LogP) is 0.752. The van der Waals surface area contributed by atoms with E-state index in [1.165, 1.54) is 0 Å². The molecule has 0 bridgehead atoms. The van der Waals surface area contributed by atoms with Crippen LogP contribution in [-0.2, 0) is 0 Å². The fourth-order valence-electron chi connectivity index (χ4n) is 1.58. The largest absolute Gasteiger partial charge is 0.465 e. The molecule has 0 aliphatic carbocycles. The summed E-state index contributed by atoms with van der Waals surface area (Å²) in [5, 5.41) is 24.5. The Morgan fingerprint density at radius 3 is 1.33 bits per heavy atom. The maximum absolute atomic E-state index is 13.1. The predicted molar refractivity (Wildman–Crippen MR) is 76.9 cm³/mol. The summed E-state index contributed by atoms with van der Waals surface area (Å²) in [5.41, 5.74) is 0. The van der Waals surface area contributed by atoms with Gasteiger partial charge in [-0.2, -0.15) is 0 Å². The molecular weight excluding hydrogens is 340 g/mol. The van der Waals surface area contributed by atoms with Gasteiger partial charge in [0.15, 0.2) is 0 Å². The van der Waals surface area contributed by atoms with Gasteiger partial charge in [0.05, 0.1) is 26.2 Å². The van der Waals surface area contributed by atoms with Crippen LogP contribution in [0.5, 0.6) is 0 Å². The van der Waals surface area contributed by atoms with E-state index < -0.39 is 50.2 Å². The number of hydrogen-bond acceptors (Lipinski definition) is 4. The van der Waals surface area contributed by atoms with Crippen LogP contribution >= 0.6 is 0 Å². The highest BCUT2D eigenvalue weighted by Gasteiger charge is 2.29. The lowest BCUT2D eigenvalue weighted by Crippen LogP contribution is -2.43. The monoisotopic (exact) mass is 362 g/mol. The summed E-state index contributed by atoms with van der Waals surface area (Å²) in [7, 11) is 0. The third-order valence-corrected chi connectivity index (χ3v) is 2.72. The third kappa shape index (κ3) is 13.8. The maximum Gasteiger partial charge on any atom is 0.404 e. The van der Waals surface area contributed by atoms with Gasteiger partial charge < -0.3 is 31.5 Å². The molecule has 0 aliphatic heterocycles. The highest BCUT2D eigenvalue weighted by atomic mass is 19.3. The van der Waals surface area contributed by atoms with Gasteiger partial charge in [-0.15, -0.1) is 0 Å². The summed E-state index contributed by atoms with van der Waals surface area (Å²) < 4.78 is 52.6. The first-order chi connectivity index (χ1) is 11.0. The van der Waals surface area contributed by atoms with Crippen molar-refractivity contribution in [3.63, 3.8) is 0 Å². The van der Waals surface area contributed by atoms with Gasteiger partial charge in [-0.3, -0.25) is 0 Å². The molecule has 0 saturated heterocycles. The van der Waals surface area contributed by atoms with Crippen LogP contribution in [0.25, 0.3) is 0 Å². The van der Waals surface area contributed by atoms with Gasteiger partial charge in [-0.25, -0.2) is 27.2 Å². The minimum Gasteiger partial charge on any atom is -0.465 e. The molecule has 2 amide bonds. The minimum atomic E-state index is -3.21. The zero-order valence-corrected chi connectivity index (χ0v) is 12.9. The van der Waals surface area contributed by atoms with Crippen molar-refractivity contribution >= 4 is 12.2 Å². The molecule has 0 heterocycles. The van der Waals surface area contributed by atoms with Crippen molar-refractivity contribution in [2.24, 2.45) is 0 Å². The third-order valence-electron chi connectivity index (χ3n) is 2.72. The number of nitrogens with one attached hydrogen (secondary N) is 4. The van der Waals surface area contributed by atoms with E-state index in [4.69, 9.17) is 10.2 Å². The molecule has 12 heteroatoms. The Hall–Kier alpha value is -1.82. The van der Waals surface area contributed by atoms with Crippen LogP contribution in [0.15, 0.2) is 0 Å². The highest BCUT2D eigenvalue weighted by molar-refractivity contribution is 5.64. The number of unbranched alkanes of at least 4 members (excludes halogenated alkanes) is 1. The zero-order chi connectivity index (χ0) is 18.6. The molecule has 142 valence electrons. The Labute approximate surface area is 136 Å². The Morgan fingerprint density at radius 1 is 0.708 bits per heavy atom. The number of hydrogen-bond donors (Lipinski definition) is 6. The first-order valence-corrected chi connectivity index (χ1v) is 7.15. The van der Waals surface area contributed by atoms with Gasteiger partial charge >= 0.3 is 12.2 Å². The molecule has 6 N–H and O–H groups in total. The van der Waals surface area contributed by atoms with E-state index >= 15 is 0 Å². The van der Waals surface area contributed by atoms with Gasteiger partial charge in [0, 0.05) is 0 Å².